The van der Waals surface area contributed by atoms with Gasteiger partial charge in [-0.15, -0.1) is 0 Å². The van der Waals surface area contributed by atoms with Gasteiger partial charge in [0.1, 0.15) is 0 Å². The average molecular weight is 192 g/mol. The first kappa shape index (κ1) is 9.49. The lowest BCUT2D eigenvalue weighted by atomic mass is 10.0. The molecule has 3 nitrogen and oxygen atoms in total. The maximum Gasteiger partial charge on any atom is 0.0685 e. The summed E-state index contributed by atoms with van der Waals surface area (Å²) in [6.07, 6.45) is 1.01. The number of fused-ring (bicyclic) bond motifs is 1. The fourth-order valence-electron chi connectivity index (χ4n) is 2.05. The van der Waals surface area contributed by atoms with Gasteiger partial charge >= 0.3 is 0 Å². The molecule has 1 aliphatic rings. The summed E-state index contributed by atoms with van der Waals surface area (Å²) in [5.41, 5.74) is 3.50. The molecule has 0 aromatic heterocycles. The second-order valence-electron chi connectivity index (χ2n) is 3.70. The number of aliphatic hydroxyl groups is 1. The minimum absolute atomic E-state index is 0.136. The van der Waals surface area contributed by atoms with Crippen LogP contribution >= 0.6 is 0 Å². The smallest absolute Gasteiger partial charge is 0.0685 e. The van der Waals surface area contributed by atoms with Gasteiger partial charge in [0.2, 0.25) is 0 Å². The van der Waals surface area contributed by atoms with Crippen molar-refractivity contribution in [2.75, 3.05) is 18.9 Å². The predicted molar refractivity (Wildman–Crippen MR) is 57.4 cm³/mol. The van der Waals surface area contributed by atoms with Crippen LogP contribution in [0.1, 0.15) is 11.1 Å². The molecule has 0 amide bonds. The van der Waals surface area contributed by atoms with Crippen LogP contribution in [0.15, 0.2) is 18.2 Å². The zero-order valence-electron chi connectivity index (χ0n) is 8.38. The number of anilines is 1. The molecule has 0 fully saturated rings. The molecule has 1 aliphatic heterocycles. The van der Waals surface area contributed by atoms with Gasteiger partial charge in [0, 0.05) is 18.3 Å². The van der Waals surface area contributed by atoms with E-state index < -0.39 is 0 Å². The summed E-state index contributed by atoms with van der Waals surface area (Å²) in [6.45, 7) is 1.09. The van der Waals surface area contributed by atoms with Crippen molar-refractivity contribution in [2.45, 2.75) is 19.1 Å². The molecular formula is C11H16N2O. The number of benzene rings is 1. The quantitative estimate of drug-likeness (QED) is 0.661. The van der Waals surface area contributed by atoms with Crippen molar-refractivity contribution >= 4 is 5.69 Å². The molecule has 0 aliphatic carbocycles. The summed E-state index contributed by atoms with van der Waals surface area (Å²) < 4.78 is 0. The van der Waals surface area contributed by atoms with E-state index in [1.807, 2.05) is 19.2 Å². The number of rotatable bonds is 3. The van der Waals surface area contributed by atoms with Crippen LogP contribution in [0.4, 0.5) is 5.69 Å². The topological polar surface area (TPSA) is 44.3 Å². The van der Waals surface area contributed by atoms with Crippen molar-refractivity contribution in [1.29, 1.82) is 0 Å². The predicted octanol–water partition coefficient (Wildman–Crippen LogP) is 0.735. The molecular weight excluding hydrogens is 176 g/mol. The fraction of sp³-hybridized carbons (Fsp3) is 0.455. The highest BCUT2D eigenvalue weighted by Crippen LogP contribution is 2.28. The molecule has 0 spiro atoms. The van der Waals surface area contributed by atoms with E-state index in [-0.39, 0.29) is 6.61 Å². The lowest BCUT2D eigenvalue weighted by Crippen LogP contribution is -2.28. The van der Waals surface area contributed by atoms with E-state index in [1.54, 1.807) is 0 Å². The van der Waals surface area contributed by atoms with Crippen molar-refractivity contribution in [3.63, 3.8) is 0 Å². The van der Waals surface area contributed by atoms with E-state index in [9.17, 15) is 5.11 Å². The van der Waals surface area contributed by atoms with E-state index in [0.717, 1.165) is 18.5 Å². The maximum atomic E-state index is 9.17. The normalized spacial score (nSPS) is 19.1. The maximum absolute atomic E-state index is 9.17. The van der Waals surface area contributed by atoms with Crippen molar-refractivity contribution in [2.24, 2.45) is 0 Å². The molecule has 3 heteroatoms. The van der Waals surface area contributed by atoms with Crippen molar-refractivity contribution < 1.29 is 5.11 Å². The van der Waals surface area contributed by atoms with Gasteiger partial charge in [-0.25, -0.2) is 0 Å². The van der Waals surface area contributed by atoms with E-state index in [1.165, 1.54) is 11.3 Å². The molecule has 0 radical (unpaired) electrons. The van der Waals surface area contributed by atoms with Gasteiger partial charge in [-0.05, 0) is 30.7 Å². The molecule has 1 aromatic carbocycles. The molecule has 1 heterocycles. The minimum atomic E-state index is 0.136. The average Bonchev–Trinajstić information content (AvgIpc) is 2.60. The zero-order valence-corrected chi connectivity index (χ0v) is 8.38. The number of aliphatic hydroxyl groups excluding tert-OH is 1. The molecule has 2 rings (SSSR count). The van der Waals surface area contributed by atoms with Gasteiger partial charge in [-0.3, -0.25) is 0 Å². The van der Waals surface area contributed by atoms with Crippen LogP contribution in [0.2, 0.25) is 0 Å². The monoisotopic (exact) mass is 192 g/mol. The van der Waals surface area contributed by atoms with E-state index in [0.29, 0.717) is 6.04 Å². The van der Waals surface area contributed by atoms with E-state index in [4.69, 9.17) is 0 Å². The third-order valence-corrected chi connectivity index (χ3v) is 2.70. The lowest BCUT2D eigenvalue weighted by Gasteiger charge is -2.09. The number of hydrogen-bond donors (Lipinski definition) is 3. The van der Waals surface area contributed by atoms with Crippen LogP contribution in [0.3, 0.4) is 0 Å². The van der Waals surface area contributed by atoms with Gasteiger partial charge < -0.3 is 15.7 Å². The Morgan fingerprint density at radius 3 is 3.14 bits per heavy atom. The second-order valence-corrected chi connectivity index (χ2v) is 3.70. The first-order valence-electron chi connectivity index (χ1n) is 4.98. The molecule has 1 atom stereocenters. The van der Waals surface area contributed by atoms with Gasteiger partial charge in [-0.2, -0.15) is 0 Å². The molecule has 1 aromatic rings. The Morgan fingerprint density at radius 2 is 2.43 bits per heavy atom. The Balaban J connectivity index is 2.21. The summed E-state index contributed by atoms with van der Waals surface area (Å²) in [4.78, 5) is 0. The number of nitrogens with one attached hydrogen (secondary N) is 2. The molecule has 0 saturated heterocycles. The third-order valence-electron chi connectivity index (χ3n) is 2.70. The number of likely N-dealkylation sites (N-methyl/N-ethyl adjacent to an activating group) is 1. The highest BCUT2D eigenvalue weighted by atomic mass is 16.3. The summed E-state index contributed by atoms with van der Waals surface area (Å²) in [5.74, 6) is 0. The largest absolute Gasteiger partial charge is 0.392 e. The Kier molecular flexibility index (Phi) is 2.70. The van der Waals surface area contributed by atoms with Crippen LogP contribution in [-0.2, 0) is 13.0 Å². The van der Waals surface area contributed by atoms with Crippen LogP contribution in [0.5, 0.6) is 0 Å². The summed E-state index contributed by atoms with van der Waals surface area (Å²) in [5, 5.41) is 15.8. The Bertz CT molecular complexity index is 325. The fourth-order valence-corrected chi connectivity index (χ4v) is 2.05. The van der Waals surface area contributed by atoms with E-state index in [2.05, 4.69) is 16.7 Å². The second kappa shape index (κ2) is 3.98. The Labute approximate surface area is 84.1 Å². The van der Waals surface area contributed by atoms with Gasteiger partial charge in [-0.1, -0.05) is 12.1 Å². The molecule has 0 saturated carbocycles. The highest BCUT2D eigenvalue weighted by Gasteiger charge is 2.21. The molecule has 3 N–H and O–H groups in total. The summed E-state index contributed by atoms with van der Waals surface area (Å²) >= 11 is 0. The van der Waals surface area contributed by atoms with Crippen molar-refractivity contribution in [3.8, 4) is 0 Å². The first-order chi connectivity index (χ1) is 6.85. The van der Waals surface area contributed by atoms with Crippen LogP contribution in [-0.4, -0.2) is 24.7 Å². The Morgan fingerprint density at radius 1 is 1.57 bits per heavy atom. The van der Waals surface area contributed by atoms with Gasteiger partial charge in [0.25, 0.3) is 0 Å². The molecule has 14 heavy (non-hydrogen) atoms. The highest BCUT2D eigenvalue weighted by molar-refractivity contribution is 5.59. The van der Waals surface area contributed by atoms with Gasteiger partial charge in [0.05, 0.1) is 6.61 Å². The lowest BCUT2D eigenvalue weighted by molar-refractivity contribution is 0.281. The first-order valence-corrected chi connectivity index (χ1v) is 4.98. The SMILES string of the molecule is CNCC1Cc2c(CO)cccc2N1. The van der Waals surface area contributed by atoms with Crippen LogP contribution in [0.25, 0.3) is 0 Å². The third kappa shape index (κ3) is 1.61. The number of hydrogen-bond acceptors (Lipinski definition) is 3. The molecule has 1 unspecified atom stereocenters. The molecule has 76 valence electrons. The standard InChI is InChI=1S/C11H16N2O/c1-12-6-9-5-10-8(7-14)3-2-4-11(10)13-9/h2-4,9,12-14H,5-7H2,1H3. The van der Waals surface area contributed by atoms with Crippen LogP contribution < -0.4 is 10.6 Å². The Hall–Kier alpha value is -1.06. The summed E-state index contributed by atoms with van der Waals surface area (Å²) in [7, 11) is 1.96. The van der Waals surface area contributed by atoms with Crippen molar-refractivity contribution in [3.05, 3.63) is 29.3 Å². The minimum Gasteiger partial charge on any atom is -0.392 e. The zero-order chi connectivity index (χ0) is 9.97. The van der Waals surface area contributed by atoms with E-state index >= 15 is 0 Å². The molecule has 0 bridgehead atoms. The van der Waals surface area contributed by atoms with Crippen LogP contribution in [0, 0.1) is 0 Å². The summed E-state index contributed by atoms with van der Waals surface area (Å²) in [6, 6.07) is 6.51. The van der Waals surface area contributed by atoms with Crippen molar-refractivity contribution in [1.82, 2.24) is 5.32 Å². The van der Waals surface area contributed by atoms with Gasteiger partial charge in [0.15, 0.2) is 0 Å².